The fourth-order valence-corrected chi connectivity index (χ4v) is 2.35. The number of rotatable bonds is 3. The largest absolute Gasteiger partial charge is 0.373 e. The minimum Gasteiger partial charge on any atom is -0.373 e. The molecule has 0 amide bonds. The van der Waals surface area contributed by atoms with Crippen molar-refractivity contribution in [3.05, 3.63) is 23.0 Å². The van der Waals surface area contributed by atoms with Crippen LogP contribution in [0, 0.1) is 37.0 Å². The van der Waals surface area contributed by atoms with Crippen LogP contribution >= 0.6 is 0 Å². The van der Waals surface area contributed by atoms with E-state index in [0.717, 1.165) is 35.5 Å². The zero-order valence-corrected chi connectivity index (χ0v) is 11.0. The number of nitriles is 1. The van der Waals surface area contributed by atoms with E-state index in [1.807, 2.05) is 19.9 Å². The van der Waals surface area contributed by atoms with E-state index in [-0.39, 0.29) is 0 Å². The van der Waals surface area contributed by atoms with Gasteiger partial charge in [0.1, 0.15) is 6.07 Å². The fraction of sp³-hybridized carbons (Fsp3) is 0.571. The van der Waals surface area contributed by atoms with E-state index in [1.54, 1.807) is 0 Å². The number of pyridine rings is 1. The first-order valence-electron chi connectivity index (χ1n) is 6.12. The molecule has 1 aromatic heterocycles. The summed E-state index contributed by atoms with van der Waals surface area (Å²) in [6, 6.07) is 4.29. The summed E-state index contributed by atoms with van der Waals surface area (Å²) >= 11 is 0. The zero-order valence-electron chi connectivity index (χ0n) is 11.0. The van der Waals surface area contributed by atoms with E-state index in [1.165, 1.54) is 6.42 Å². The first-order valence-corrected chi connectivity index (χ1v) is 6.12. The topological polar surface area (TPSA) is 39.9 Å². The Labute approximate surface area is 103 Å². The average molecular weight is 229 g/mol. The summed E-state index contributed by atoms with van der Waals surface area (Å²) in [6.45, 7) is 7.21. The van der Waals surface area contributed by atoms with Gasteiger partial charge in [0.2, 0.25) is 0 Å². The van der Waals surface area contributed by atoms with E-state index < -0.39 is 0 Å². The van der Waals surface area contributed by atoms with Crippen LogP contribution in [-0.4, -0.2) is 18.6 Å². The van der Waals surface area contributed by atoms with Crippen LogP contribution in [0.5, 0.6) is 0 Å². The molecule has 90 valence electrons. The lowest BCUT2D eigenvalue weighted by Gasteiger charge is -2.21. The number of aromatic nitrogens is 1. The number of anilines is 1. The molecule has 0 N–H and O–H groups in total. The first-order chi connectivity index (χ1) is 8.02. The molecule has 1 saturated carbocycles. The number of nitrogens with zero attached hydrogens (tertiary/aromatic N) is 3. The summed E-state index contributed by atoms with van der Waals surface area (Å²) in [5, 5.41) is 9.22. The molecule has 0 radical (unpaired) electrons. The molecular formula is C14H19N3. The molecule has 0 saturated heterocycles. The van der Waals surface area contributed by atoms with Gasteiger partial charge in [-0.2, -0.15) is 5.26 Å². The van der Waals surface area contributed by atoms with Crippen molar-refractivity contribution in [2.45, 2.75) is 27.2 Å². The van der Waals surface area contributed by atoms with Crippen LogP contribution in [-0.2, 0) is 0 Å². The van der Waals surface area contributed by atoms with Gasteiger partial charge in [0, 0.05) is 19.3 Å². The maximum Gasteiger partial charge on any atom is 0.103 e. The standard InChI is InChI=1S/C14H19N3/c1-9-5-12(9)8-17(4)14-6-10(2)16-11(3)13(14)7-15/h6,9,12H,5,8H2,1-4H3. The first kappa shape index (κ1) is 11.9. The second kappa shape index (κ2) is 4.37. The van der Waals surface area contributed by atoms with Crippen LogP contribution < -0.4 is 4.90 Å². The van der Waals surface area contributed by atoms with E-state index in [2.05, 4.69) is 29.9 Å². The fourth-order valence-electron chi connectivity index (χ4n) is 2.35. The van der Waals surface area contributed by atoms with Crippen LogP contribution in [0.1, 0.15) is 30.3 Å². The van der Waals surface area contributed by atoms with Gasteiger partial charge in [0.05, 0.1) is 16.9 Å². The molecule has 0 spiro atoms. The summed E-state index contributed by atoms with van der Waals surface area (Å²) in [5.74, 6) is 1.63. The van der Waals surface area contributed by atoms with Gasteiger partial charge < -0.3 is 4.90 Å². The van der Waals surface area contributed by atoms with Crippen LogP contribution in [0.25, 0.3) is 0 Å². The molecular weight excluding hydrogens is 210 g/mol. The molecule has 0 aliphatic heterocycles. The van der Waals surface area contributed by atoms with Crippen molar-refractivity contribution in [3.8, 4) is 6.07 Å². The van der Waals surface area contributed by atoms with Gasteiger partial charge in [-0.3, -0.25) is 4.98 Å². The molecule has 1 heterocycles. The van der Waals surface area contributed by atoms with Crippen molar-refractivity contribution in [2.24, 2.45) is 11.8 Å². The van der Waals surface area contributed by atoms with Gasteiger partial charge in [-0.25, -0.2) is 0 Å². The molecule has 1 aliphatic rings. The number of aryl methyl sites for hydroxylation is 2. The van der Waals surface area contributed by atoms with Crippen molar-refractivity contribution in [2.75, 3.05) is 18.5 Å². The normalized spacial score (nSPS) is 22.1. The molecule has 2 unspecified atom stereocenters. The number of hydrogen-bond acceptors (Lipinski definition) is 3. The third kappa shape index (κ3) is 2.41. The van der Waals surface area contributed by atoms with Gasteiger partial charge in [-0.05, 0) is 38.2 Å². The van der Waals surface area contributed by atoms with Crippen LogP contribution in [0.15, 0.2) is 6.07 Å². The van der Waals surface area contributed by atoms with Crippen molar-refractivity contribution < 1.29 is 0 Å². The van der Waals surface area contributed by atoms with Crippen molar-refractivity contribution in [3.63, 3.8) is 0 Å². The summed E-state index contributed by atoms with van der Waals surface area (Å²) in [7, 11) is 2.07. The minimum atomic E-state index is 0.714. The van der Waals surface area contributed by atoms with Crippen molar-refractivity contribution >= 4 is 5.69 Å². The smallest absolute Gasteiger partial charge is 0.103 e. The molecule has 17 heavy (non-hydrogen) atoms. The van der Waals surface area contributed by atoms with Crippen molar-refractivity contribution in [1.29, 1.82) is 5.26 Å². The highest BCUT2D eigenvalue weighted by Gasteiger charge is 2.33. The molecule has 1 fully saturated rings. The number of hydrogen-bond donors (Lipinski definition) is 0. The molecule has 0 aromatic carbocycles. The van der Waals surface area contributed by atoms with E-state index in [0.29, 0.717) is 5.56 Å². The lowest BCUT2D eigenvalue weighted by atomic mass is 10.1. The Hall–Kier alpha value is -1.56. The quantitative estimate of drug-likeness (QED) is 0.800. The Kier molecular flexibility index (Phi) is 3.06. The highest BCUT2D eigenvalue weighted by Crippen LogP contribution is 2.39. The predicted molar refractivity (Wildman–Crippen MR) is 69.0 cm³/mol. The minimum absolute atomic E-state index is 0.714. The van der Waals surface area contributed by atoms with Crippen LogP contribution in [0.4, 0.5) is 5.69 Å². The maximum absolute atomic E-state index is 9.22. The SMILES string of the molecule is Cc1cc(N(C)CC2CC2C)c(C#N)c(C)n1. The van der Waals surface area contributed by atoms with Gasteiger partial charge >= 0.3 is 0 Å². The Morgan fingerprint density at radius 1 is 1.53 bits per heavy atom. The van der Waals surface area contributed by atoms with Crippen LogP contribution in [0.2, 0.25) is 0 Å². The van der Waals surface area contributed by atoms with Gasteiger partial charge in [0.15, 0.2) is 0 Å². The Bertz CT molecular complexity index is 473. The molecule has 3 nitrogen and oxygen atoms in total. The second-order valence-electron chi connectivity index (χ2n) is 5.21. The maximum atomic E-state index is 9.22. The summed E-state index contributed by atoms with van der Waals surface area (Å²) in [5.41, 5.74) is 3.55. The Balaban J connectivity index is 2.27. The monoisotopic (exact) mass is 229 g/mol. The van der Waals surface area contributed by atoms with E-state index in [9.17, 15) is 5.26 Å². The molecule has 1 aromatic rings. The molecule has 1 aliphatic carbocycles. The molecule has 3 heteroatoms. The lowest BCUT2D eigenvalue weighted by molar-refractivity contribution is 0.724. The third-order valence-corrected chi connectivity index (χ3v) is 3.62. The lowest BCUT2D eigenvalue weighted by Crippen LogP contribution is -2.22. The summed E-state index contributed by atoms with van der Waals surface area (Å²) in [4.78, 5) is 6.55. The average Bonchev–Trinajstić information content (AvgIpc) is 2.93. The Morgan fingerprint density at radius 2 is 2.18 bits per heavy atom. The van der Waals surface area contributed by atoms with Crippen LogP contribution in [0.3, 0.4) is 0 Å². The van der Waals surface area contributed by atoms with E-state index >= 15 is 0 Å². The zero-order chi connectivity index (χ0) is 12.6. The molecule has 0 bridgehead atoms. The van der Waals surface area contributed by atoms with E-state index in [4.69, 9.17) is 0 Å². The molecule has 2 atom stereocenters. The van der Waals surface area contributed by atoms with Gasteiger partial charge in [0.25, 0.3) is 0 Å². The van der Waals surface area contributed by atoms with Gasteiger partial charge in [-0.1, -0.05) is 6.92 Å². The second-order valence-corrected chi connectivity index (χ2v) is 5.21. The Morgan fingerprint density at radius 3 is 2.71 bits per heavy atom. The highest BCUT2D eigenvalue weighted by atomic mass is 15.1. The van der Waals surface area contributed by atoms with Gasteiger partial charge in [-0.15, -0.1) is 0 Å². The van der Waals surface area contributed by atoms with Crippen molar-refractivity contribution in [1.82, 2.24) is 4.98 Å². The molecule has 2 rings (SSSR count). The third-order valence-electron chi connectivity index (χ3n) is 3.62. The summed E-state index contributed by atoms with van der Waals surface area (Å²) in [6.07, 6.45) is 1.31. The summed E-state index contributed by atoms with van der Waals surface area (Å²) < 4.78 is 0. The predicted octanol–water partition coefficient (Wildman–Crippen LogP) is 2.66. The highest BCUT2D eigenvalue weighted by molar-refractivity contribution is 5.61.